The van der Waals surface area contributed by atoms with Crippen LogP contribution in [0.3, 0.4) is 0 Å². The van der Waals surface area contributed by atoms with Crippen LogP contribution in [0.4, 0.5) is 0 Å². The maximum absolute atomic E-state index is 12.5. The van der Waals surface area contributed by atoms with Gasteiger partial charge in [-0.25, -0.2) is 0 Å². The van der Waals surface area contributed by atoms with Gasteiger partial charge in [-0.3, -0.25) is 9.59 Å². The van der Waals surface area contributed by atoms with Gasteiger partial charge in [0.05, 0.1) is 7.11 Å². The molecule has 1 aromatic carbocycles. The Hall–Kier alpha value is -2.50. The third-order valence-electron chi connectivity index (χ3n) is 4.19. The molecule has 2 amide bonds. The summed E-state index contributed by atoms with van der Waals surface area (Å²) in [5.41, 5.74) is 1.35. The first kappa shape index (κ1) is 15.4. The number of hydrogen-bond donors (Lipinski definition) is 2. The smallest absolute Gasteiger partial charge is 0.287 e. The highest BCUT2D eigenvalue weighted by Crippen LogP contribution is 2.28. The Kier molecular flexibility index (Phi) is 4.23. The molecule has 2 aromatic rings. The van der Waals surface area contributed by atoms with Gasteiger partial charge in [0, 0.05) is 23.6 Å². The van der Waals surface area contributed by atoms with Gasteiger partial charge >= 0.3 is 0 Å². The molecule has 6 nitrogen and oxygen atoms in total. The highest BCUT2D eigenvalue weighted by molar-refractivity contribution is 6.01. The summed E-state index contributed by atoms with van der Waals surface area (Å²) in [6.07, 6.45) is 2.48. The zero-order valence-electron chi connectivity index (χ0n) is 13.3. The van der Waals surface area contributed by atoms with Crippen LogP contribution in [0.5, 0.6) is 5.75 Å². The van der Waals surface area contributed by atoms with E-state index in [0.29, 0.717) is 24.3 Å². The van der Waals surface area contributed by atoms with E-state index in [2.05, 4.69) is 10.6 Å². The second-order valence-corrected chi connectivity index (χ2v) is 5.73. The topological polar surface area (TPSA) is 80.6 Å². The van der Waals surface area contributed by atoms with Crippen molar-refractivity contribution in [3.63, 3.8) is 0 Å². The van der Waals surface area contributed by atoms with Crippen LogP contribution in [0.1, 0.15) is 35.4 Å². The predicted octanol–water partition coefficient (Wildman–Crippen LogP) is 2.15. The molecule has 122 valence electrons. The molecule has 1 aliphatic rings. The zero-order chi connectivity index (χ0) is 16.4. The number of carbonyl (C=O) groups is 2. The molecule has 6 heteroatoms. The molecular formula is C17H20N2O4. The van der Waals surface area contributed by atoms with Gasteiger partial charge in [-0.2, -0.15) is 0 Å². The van der Waals surface area contributed by atoms with Gasteiger partial charge in [0.2, 0.25) is 5.91 Å². The second kappa shape index (κ2) is 6.32. The SMILES string of the molecule is COc1ccc2c(C)c(C(=O)NC3CCCCNC3=O)oc2c1. The summed E-state index contributed by atoms with van der Waals surface area (Å²) in [5.74, 6) is 0.414. The van der Waals surface area contributed by atoms with E-state index in [1.54, 1.807) is 13.2 Å². The number of benzene rings is 1. The number of aryl methyl sites for hydroxylation is 1. The Morgan fingerprint density at radius 3 is 3.00 bits per heavy atom. The maximum atomic E-state index is 12.5. The van der Waals surface area contributed by atoms with Gasteiger partial charge in [0.1, 0.15) is 17.4 Å². The van der Waals surface area contributed by atoms with Crippen molar-refractivity contribution in [1.82, 2.24) is 10.6 Å². The molecule has 1 unspecified atom stereocenters. The van der Waals surface area contributed by atoms with Crippen LogP contribution in [-0.2, 0) is 4.79 Å². The van der Waals surface area contributed by atoms with Crippen LogP contribution < -0.4 is 15.4 Å². The number of fused-ring (bicyclic) bond motifs is 1. The number of carbonyl (C=O) groups excluding carboxylic acids is 2. The van der Waals surface area contributed by atoms with Crippen molar-refractivity contribution in [3.8, 4) is 5.75 Å². The molecule has 2 heterocycles. The lowest BCUT2D eigenvalue weighted by Gasteiger charge is -2.14. The molecule has 1 fully saturated rings. The number of nitrogens with one attached hydrogen (secondary N) is 2. The molecule has 1 aliphatic heterocycles. The Balaban J connectivity index is 1.85. The minimum Gasteiger partial charge on any atom is -0.497 e. The zero-order valence-corrected chi connectivity index (χ0v) is 13.3. The molecule has 23 heavy (non-hydrogen) atoms. The quantitative estimate of drug-likeness (QED) is 0.909. The van der Waals surface area contributed by atoms with Crippen molar-refractivity contribution >= 4 is 22.8 Å². The number of furan rings is 1. The second-order valence-electron chi connectivity index (χ2n) is 5.73. The Bertz CT molecular complexity index is 750. The molecule has 2 N–H and O–H groups in total. The first-order valence-electron chi connectivity index (χ1n) is 7.76. The van der Waals surface area contributed by atoms with Crippen LogP contribution in [0.2, 0.25) is 0 Å². The van der Waals surface area contributed by atoms with E-state index in [4.69, 9.17) is 9.15 Å². The third-order valence-corrected chi connectivity index (χ3v) is 4.19. The summed E-state index contributed by atoms with van der Waals surface area (Å²) >= 11 is 0. The fraction of sp³-hybridized carbons (Fsp3) is 0.412. The summed E-state index contributed by atoms with van der Waals surface area (Å²) in [4.78, 5) is 24.4. The fourth-order valence-electron chi connectivity index (χ4n) is 2.85. The lowest BCUT2D eigenvalue weighted by molar-refractivity contribution is -0.122. The molecule has 0 spiro atoms. The minimum atomic E-state index is -0.507. The number of hydrogen-bond acceptors (Lipinski definition) is 4. The first-order chi connectivity index (χ1) is 11.1. The minimum absolute atomic E-state index is 0.133. The van der Waals surface area contributed by atoms with Crippen LogP contribution in [0, 0.1) is 6.92 Å². The van der Waals surface area contributed by atoms with E-state index in [9.17, 15) is 9.59 Å². The van der Waals surface area contributed by atoms with Gasteiger partial charge in [-0.05, 0) is 38.3 Å². The highest BCUT2D eigenvalue weighted by Gasteiger charge is 2.25. The molecule has 0 aliphatic carbocycles. The maximum Gasteiger partial charge on any atom is 0.287 e. The fourth-order valence-corrected chi connectivity index (χ4v) is 2.85. The molecule has 0 saturated carbocycles. The Labute approximate surface area is 134 Å². The predicted molar refractivity (Wildman–Crippen MR) is 85.6 cm³/mol. The molecule has 1 aromatic heterocycles. The largest absolute Gasteiger partial charge is 0.497 e. The number of rotatable bonds is 3. The molecule has 0 bridgehead atoms. The molecular weight excluding hydrogens is 296 g/mol. The lowest BCUT2D eigenvalue weighted by atomic mass is 10.1. The average Bonchev–Trinajstić information content (AvgIpc) is 2.75. The first-order valence-corrected chi connectivity index (χ1v) is 7.76. The van der Waals surface area contributed by atoms with Crippen molar-refractivity contribution in [3.05, 3.63) is 29.5 Å². The number of ether oxygens (including phenoxy) is 1. The monoisotopic (exact) mass is 316 g/mol. The number of methoxy groups -OCH3 is 1. The summed E-state index contributed by atoms with van der Waals surface area (Å²) < 4.78 is 10.9. The van der Waals surface area contributed by atoms with E-state index in [1.807, 2.05) is 19.1 Å². The van der Waals surface area contributed by atoms with E-state index in [-0.39, 0.29) is 17.6 Å². The van der Waals surface area contributed by atoms with Gasteiger partial charge in [-0.15, -0.1) is 0 Å². The van der Waals surface area contributed by atoms with Crippen LogP contribution in [0.15, 0.2) is 22.6 Å². The lowest BCUT2D eigenvalue weighted by Crippen LogP contribution is -2.45. The Morgan fingerprint density at radius 2 is 2.22 bits per heavy atom. The normalized spacial score (nSPS) is 18.3. The summed E-state index contributed by atoms with van der Waals surface area (Å²) in [6.45, 7) is 2.50. The average molecular weight is 316 g/mol. The van der Waals surface area contributed by atoms with Crippen molar-refractivity contribution in [2.45, 2.75) is 32.2 Å². The highest BCUT2D eigenvalue weighted by atomic mass is 16.5. The Morgan fingerprint density at radius 1 is 1.39 bits per heavy atom. The summed E-state index contributed by atoms with van der Waals surface area (Å²) in [5, 5.41) is 6.45. The van der Waals surface area contributed by atoms with Gasteiger partial charge in [0.15, 0.2) is 5.76 Å². The van der Waals surface area contributed by atoms with Crippen molar-refractivity contribution in [2.24, 2.45) is 0 Å². The molecule has 1 atom stereocenters. The van der Waals surface area contributed by atoms with Crippen LogP contribution >= 0.6 is 0 Å². The van der Waals surface area contributed by atoms with E-state index in [0.717, 1.165) is 23.8 Å². The standard InChI is InChI=1S/C17H20N2O4/c1-10-12-7-6-11(22-2)9-14(12)23-15(10)17(21)19-13-5-3-4-8-18-16(13)20/h6-7,9,13H,3-5,8H2,1-2H3,(H,18,20)(H,19,21). The van der Waals surface area contributed by atoms with Crippen LogP contribution in [-0.4, -0.2) is 31.5 Å². The van der Waals surface area contributed by atoms with E-state index in [1.165, 1.54) is 0 Å². The molecule has 1 saturated heterocycles. The van der Waals surface area contributed by atoms with E-state index < -0.39 is 6.04 Å². The van der Waals surface area contributed by atoms with Crippen LogP contribution in [0.25, 0.3) is 11.0 Å². The third kappa shape index (κ3) is 3.02. The van der Waals surface area contributed by atoms with E-state index >= 15 is 0 Å². The van der Waals surface area contributed by atoms with Gasteiger partial charge in [-0.1, -0.05) is 0 Å². The van der Waals surface area contributed by atoms with Crippen molar-refractivity contribution < 1.29 is 18.7 Å². The molecule has 0 radical (unpaired) electrons. The van der Waals surface area contributed by atoms with Gasteiger partial charge in [0.25, 0.3) is 5.91 Å². The summed E-state index contributed by atoms with van der Waals surface area (Å²) in [6, 6.07) is 4.93. The van der Waals surface area contributed by atoms with Gasteiger partial charge < -0.3 is 19.8 Å². The molecule has 3 rings (SSSR count). The van der Waals surface area contributed by atoms with Crippen molar-refractivity contribution in [1.29, 1.82) is 0 Å². The summed E-state index contributed by atoms with van der Waals surface area (Å²) in [7, 11) is 1.58. The van der Waals surface area contributed by atoms with Crippen molar-refractivity contribution in [2.75, 3.05) is 13.7 Å². The number of amides is 2.